The Labute approximate surface area is 134 Å². The molecule has 0 aromatic heterocycles. The molecule has 1 N–H and O–H groups in total. The lowest BCUT2D eigenvalue weighted by Crippen LogP contribution is -2.23. The van der Waals surface area contributed by atoms with Crippen molar-refractivity contribution in [2.75, 3.05) is 12.8 Å². The van der Waals surface area contributed by atoms with Gasteiger partial charge in [-0.15, -0.1) is 11.8 Å². The Balaban J connectivity index is 2.23. The van der Waals surface area contributed by atoms with Gasteiger partial charge in [0.2, 0.25) is 0 Å². The Morgan fingerprint density at radius 1 is 1.19 bits per heavy atom. The number of hydrogen-bond donors (Lipinski definition) is 1. The van der Waals surface area contributed by atoms with Gasteiger partial charge in [-0.3, -0.25) is 0 Å². The number of thioether (sulfide) groups is 1. The summed E-state index contributed by atoms with van der Waals surface area (Å²) in [6.07, 6.45) is 2.64. The molecule has 0 radical (unpaired) electrons. The van der Waals surface area contributed by atoms with Gasteiger partial charge in [-0.1, -0.05) is 42.8 Å². The fourth-order valence-corrected chi connectivity index (χ4v) is 2.92. The van der Waals surface area contributed by atoms with Crippen molar-refractivity contribution in [2.24, 2.45) is 0 Å². The summed E-state index contributed by atoms with van der Waals surface area (Å²) in [6.45, 7) is 2.88. The van der Waals surface area contributed by atoms with E-state index < -0.39 is 0 Å². The van der Waals surface area contributed by atoms with E-state index in [1.54, 1.807) is 30.0 Å². The summed E-state index contributed by atoms with van der Waals surface area (Å²) < 4.78 is 14.1. The summed E-state index contributed by atoms with van der Waals surface area (Å²) in [7, 11) is 0. The van der Waals surface area contributed by atoms with E-state index in [4.69, 9.17) is 11.6 Å². The van der Waals surface area contributed by atoms with Crippen LogP contribution in [0.4, 0.5) is 4.39 Å². The zero-order valence-corrected chi connectivity index (χ0v) is 13.8. The van der Waals surface area contributed by atoms with E-state index in [0.717, 1.165) is 12.1 Å². The first kappa shape index (κ1) is 16.3. The largest absolute Gasteiger partial charge is 0.310 e. The maximum Gasteiger partial charge on any atom is 0.145 e. The molecule has 0 spiro atoms. The monoisotopic (exact) mass is 323 g/mol. The molecule has 2 aromatic carbocycles. The third kappa shape index (κ3) is 4.22. The molecule has 0 aliphatic rings. The molecule has 21 heavy (non-hydrogen) atoms. The van der Waals surface area contributed by atoms with Crippen molar-refractivity contribution in [1.29, 1.82) is 0 Å². The quantitative estimate of drug-likeness (QED) is 0.743. The minimum Gasteiger partial charge on any atom is -0.310 e. The van der Waals surface area contributed by atoms with Crippen molar-refractivity contribution in [1.82, 2.24) is 5.32 Å². The summed E-state index contributed by atoms with van der Waals surface area (Å²) in [6, 6.07) is 13.6. The van der Waals surface area contributed by atoms with Gasteiger partial charge in [-0.05, 0) is 48.5 Å². The number of hydrogen-bond acceptors (Lipinski definition) is 2. The second kappa shape index (κ2) is 7.83. The first-order chi connectivity index (χ1) is 10.2. The Morgan fingerprint density at radius 2 is 1.90 bits per heavy atom. The number of nitrogens with one attached hydrogen (secondary N) is 1. The Hall–Kier alpha value is -1.03. The molecule has 4 heteroatoms. The Kier molecular flexibility index (Phi) is 6.09. The molecular formula is C17H19ClFNS. The van der Waals surface area contributed by atoms with Crippen LogP contribution in [0.5, 0.6) is 0 Å². The van der Waals surface area contributed by atoms with Crippen LogP contribution in [0.15, 0.2) is 47.4 Å². The maximum absolute atomic E-state index is 14.1. The van der Waals surface area contributed by atoms with Gasteiger partial charge < -0.3 is 5.32 Å². The normalized spacial score (nSPS) is 12.4. The highest BCUT2D eigenvalue weighted by atomic mass is 35.5. The first-order valence-corrected chi connectivity index (χ1v) is 8.56. The molecule has 0 saturated heterocycles. The third-order valence-electron chi connectivity index (χ3n) is 3.42. The van der Waals surface area contributed by atoms with E-state index in [0.29, 0.717) is 12.0 Å². The van der Waals surface area contributed by atoms with Crippen molar-refractivity contribution in [3.8, 4) is 0 Å². The summed E-state index contributed by atoms with van der Waals surface area (Å²) in [5, 5.41) is 3.60. The highest BCUT2D eigenvalue weighted by Crippen LogP contribution is 2.25. The molecule has 0 bridgehead atoms. The Bertz CT molecular complexity index is 586. The topological polar surface area (TPSA) is 12.0 Å². The lowest BCUT2D eigenvalue weighted by atomic mass is 9.98. The highest BCUT2D eigenvalue weighted by Gasteiger charge is 2.15. The van der Waals surface area contributed by atoms with Gasteiger partial charge in [0.25, 0.3) is 0 Å². The molecule has 1 unspecified atom stereocenters. The first-order valence-electron chi connectivity index (χ1n) is 6.96. The standard InChI is InChI=1S/C17H19ClFNS/c1-3-20-16(12-7-9-14(21-2)10-8-12)11-13-5-4-6-15(18)17(13)19/h4-10,16,20H,3,11H2,1-2H3. The second-order valence-electron chi connectivity index (χ2n) is 4.80. The number of benzene rings is 2. The summed E-state index contributed by atoms with van der Waals surface area (Å²) in [5.41, 5.74) is 1.80. The van der Waals surface area contributed by atoms with Crippen molar-refractivity contribution in [2.45, 2.75) is 24.3 Å². The molecule has 112 valence electrons. The van der Waals surface area contributed by atoms with Crippen LogP contribution in [0.1, 0.15) is 24.1 Å². The summed E-state index contributed by atoms with van der Waals surface area (Å²) in [5.74, 6) is -0.317. The third-order valence-corrected chi connectivity index (χ3v) is 4.46. The molecule has 0 saturated carbocycles. The van der Waals surface area contributed by atoms with Crippen LogP contribution in [0.3, 0.4) is 0 Å². The number of likely N-dealkylation sites (N-methyl/N-ethyl adjacent to an activating group) is 1. The minimum atomic E-state index is -0.317. The highest BCUT2D eigenvalue weighted by molar-refractivity contribution is 7.98. The van der Waals surface area contributed by atoms with Crippen molar-refractivity contribution < 1.29 is 4.39 Å². The Morgan fingerprint density at radius 3 is 2.52 bits per heavy atom. The van der Waals surface area contributed by atoms with Crippen LogP contribution in [-0.2, 0) is 6.42 Å². The van der Waals surface area contributed by atoms with Gasteiger partial charge in [-0.2, -0.15) is 0 Å². The number of halogens is 2. The minimum absolute atomic E-state index is 0.0823. The molecule has 0 aliphatic carbocycles. The molecule has 0 aliphatic heterocycles. The fourth-order valence-electron chi connectivity index (χ4n) is 2.32. The van der Waals surface area contributed by atoms with Crippen LogP contribution in [0, 0.1) is 5.82 Å². The lowest BCUT2D eigenvalue weighted by Gasteiger charge is -2.19. The SMILES string of the molecule is CCNC(Cc1cccc(Cl)c1F)c1ccc(SC)cc1. The fraction of sp³-hybridized carbons (Fsp3) is 0.294. The predicted octanol–water partition coefficient (Wildman–Crippen LogP) is 5.09. The average Bonchev–Trinajstić information content (AvgIpc) is 2.51. The van der Waals surface area contributed by atoms with Crippen molar-refractivity contribution in [3.63, 3.8) is 0 Å². The van der Waals surface area contributed by atoms with Crippen LogP contribution in [0.2, 0.25) is 5.02 Å². The molecule has 1 atom stereocenters. The van der Waals surface area contributed by atoms with E-state index in [1.807, 2.05) is 0 Å². The van der Waals surface area contributed by atoms with Crippen LogP contribution < -0.4 is 5.32 Å². The predicted molar refractivity (Wildman–Crippen MR) is 89.8 cm³/mol. The lowest BCUT2D eigenvalue weighted by molar-refractivity contribution is 0.528. The summed E-state index contributed by atoms with van der Waals surface area (Å²) >= 11 is 7.57. The molecule has 2 rings (SSSR count). The zero-order valence-electron chi connectivity index (χ0n) is 12.2. The summed E-state index contributed by atoms with van der Waals surface area (Å²) in [4.78, 5) is 1.22. The van der Waals surface area contributed by atoms with Gasteiger partial charge in [0.05, 0.1) is 5.02 Å². The number of rotatable bonds is 6. The van der Waals surface area contributed by atoms with Gasteiger partial charge in [0.15, 0.2) is 0 Å². The van der Waals surface area contributed by atoms with Gasteiger partial charge in [0.1, 0.15) is 5.82 Å². The average molecular weight is 324 g/mol. The molecule has 2 aromatic rings. The second-order valence-corrected chi connectivity index (χ2v) is 6.09. The van der Waals surface area contributed by atoms with Crippen molar-refractivity contribution in [3.05, 3.63) is 64.4 Å². The van der Waals surface area contributed by atoms with E-state index in [2.05, 4.69) is 42.8 Å². The molecule has 0 amide bonds. The maximum atomic E-state index is 14.1. The molecule has 1 nitrogen and oxygen atoms in total. The van der Waals surface area contributed by atoms with Crippen molar-refractivity contribution >= 4 is 23.4 Å². The molecular weight excluding hydrogens is 305 g/mol. The van der Waals surface area contributed by atoms with Crippen LogP contribution in [0.25, 0.3) is 0 Å². The van der Waals surface area contributed by atoms with E-state index in [-0.39, 0.29) is 16.9 Å². The molecule has 0 fully saturated rings. The van der Waals surface area contributed by atoms with E-state index >= 15 is 0 Å². The van der Waals surface area contributed by atoms with E-state index in [9.17, 15) is 4.39 Å². The van der Waals surface area contributed by atoms with E-state index in [1.165, 1.54) is 4.90 Å². The van der Waals surface area contributed by atoms with Crippen LogP contribution >= 0.6 is 23.4 Å². The smallest absolute Gasteiger partial charge is 0.145 e. The van der Waals surface area contributed by atoms with Gasteiger partial charge in [-0.25, -0.2) is 4.39 Å². The van der Waals surface area contributed by atoms with Crippen LogP contribution in [-0.4, -0.2) is 12.8 Å². The zero-order chi connectivity index (χ0) is 15.2. The molecule has 0 heterocycles. The van der Waals surface area contributed by atoms with Gasteiger partial charge >= 0.3 is 0 Å². The van der Waals surface area contributed by atoms with Gasteiger partial charge in [0, 0.05) is 10.9 Å².